The van der Waals surface area contributed by atoms with Gasteiger partial charge in [-0.1, -0.05) is 13.8 Å². The summed E-state index contributed by atoms with van der Waals surface area (Å²) in [5.41, 5.74) is 5.73. The van der Waals surface area contributed by atoms with Crippen LogP contribution in [-0.4, -0.2) is 12.2 Å². The molecule has 0 amide bonds. The van der Waals surface area contributed by atoms with Crippen molar-refractivity contribution < 1.29 is 9.53 Å². The molecule has 0 radical (unpaired) electrons. The molecule has 0 bridgehead atoms. The molecule has 1 aliphatic heterocycles. The highest BCUT2D eigenvalue weighted by molar-refractivity contribution is 5.74. The first-order chi connectivity index (χ1) is 6.11. The number of fused-ring (bicyclic) bond motifs is 1. The van der Waals surface area contributed by atoms with E-state index in [1.54, 1.807) is 0 Å². The molecule has 0 spiro atoms. The first kappa shape index (κ1) is 9.00. The Morgan fingerprint density at radius 2 is 2.08 bits per heavy atom. The predicted molar refractivity (Wildman–Crippen MR) is 48.6 cm³/mol. The number of carbonyl (C=O) groups is 1. The molecule has 3 nitrogen and oxygen atoms in total. The number of cyclic esters (lactones) is 1. The van der Waals surface area contributed by atoms with Crippen molar-refractivity contribution in [3.63, 3.8) is 0 Å². The summed E-state index contributed by atoms with van der Waals surface area (Å²) in [6.45, 7) is 4.22. The van der Waals surface area contributed by atoms with Crippen LogP contribution in [0.4, 0.5) is 0 Å². The summed E-state index contributed by atoms with van der Waals surface area (Å²) in [4.78, 5) is 11.5. The molecule has 13 heavy (non-hydrogen) atoms. The third-order valence-corrected chi connectivity index (χ3v) is 3.75. The zero-order valence-corrected chi connectivity index (χ0v) is 8.19. The van der Waals surface area contributed by atoms with Gasteiger partial charge in [0.25, 0.3) is 0 Å². The molecule has 2 N–H and O–H groups in total. The SMILES string of the molecule is CC1CCC2C(C)C(N)OC(=O)C12. The largest absolute Gasteiger partial charge is 0.446 e. The van der Waals surface area contributed by atoms with E-state index in [2.05, 4.69) is 13.8 Å². The summed E-state index contributed by atoms with van der Waals surface area (Å²) in [5.74, 6) is 1.32. The fourth-order valence-electron chi connectivity index (χ4n) is 2.80. The standard InChI is InChI=1S/C10H17NO2/c1-5-3-4-7-6(2)9(11)13-10(12)8(5)7/h5-9H,3-4,11H2,1-2H3. The van der Waals surface area contributed by atoms with Gasteiger partial charge in [-0.3, -0.25) is 10.5 Å². The van der Waals surface area contributed by atoms with Gasteiger partial charge in [0.05, 0.1) is 5.92 Å². The summed E-state index contributed by atoms with van der Waals surface area (Å²) in [6, 6.07) is 0. The summed E-state index contributed by atoms with van der Waals surface area (Å²) >= 11 is 0. The van der Waals surface area contributed by atoms with Crippen LogP contribution in [0.2, 0.25) is 0 Å². The van der Waals surface area contributed by atoms with Gasteiger partial charge in [0.2, 0.25) is 0 Å². The van der Waals surface area contributed by atoms with Crippen molar-refractivity contribution in [2.24, 2.45) is 29.4 Å². The number of esters is 1. The van der Waals surface area contributed by atoms with Crippen LogP contribution < -0.4 is 5.73 Å². The average Bonchev–Trinajstić information content (AvgIpc) is 2.44. The van der Waals surface area contributed by atoms with Crippen molar-refractivity contribution >= 4 is 5.97 Å². The molecule has 2 rings (SSSR count). The van der Waals surface area contributed by atoms with Crippen LogP contribution in [0.3, 0.4) is 0 Å². The molecule has 3 heteroatoms. The van der Waals surface area contributed by atoms with Gasteiger partial charge in [0.15, 0.2) is 6.23 Å². The maximum Gasteiger partial charge on any atom is 0.311 e. The van der Waals surface area contributed by atoms with Crippen LogP contribution in [0.25, 0.3) is 0 Å². The molecule has 1 saturated carbocycles. The van der Waals surface area contributed by atoms with Crippen LogP contribution in [0.5, 0.6) is 0 Å². The topological polar surface area (TPSA) is 52.3 Å². The van der Waals surface area contributed by atoms with E-state index in [9.17, 15) is 4.79 Å². The van der Waals surface area contributed by atoms with Gasteiger partial charge in [0, 0.05) is 5.92 Å². The van der Waals surface area contributed by atoms with Crippen LogP contribution in [-0.2, 0) is 9.53 Å². The van der Waals surface area contributed by atoms with E-state index in [1.807, 2.05) is 0 Å². The molecular formula is C10H17NO2. The fraction of sp³-hybridized carbons (Fsp3) is 0.900. The lowest BCUT2D eigenvalue weighted by molar-refractivity contribution is -0.170. The van der Waals surface area contributed by atoms with E-state index in [0.29, 0.717) is 17.8 Å². The Morgan fingerprint density at radius 3 is 2.77 bits per heavy atom. The van der Waals surface area contributed by atoms with Crippen molar-refractivity contribution in [2.75, 3.05) is 0 Å². The van der Waals surface area contributed by atoms with Gasteiger partial charge in [-0.15, -0.1) is 0 Å². The van der Waals surface area contributed by atoms with Crippen molar-refractivity contribution in [1.29, 1.82) is 0 Å². The normalized spacial score (nSPS) is 50.1. The first-order valence-electron chi connectivity index (χ1n) is 5.07. The highest BCUT2D eigenvalue weighted by Crippen LogP contribution is 2.45. The summed E-state index contributed by atoms with van der Waals surface area (Å²) < 4.78 is 5.12. The monoisotopic (exact) mass is 183 g/mol. The van der Waals surface area contributed by atoms with Crippen LogP contribution in [0, 0.1) is 23.7 Å². The van der Waals surface area contributed by atoms with Crippen LogP contribution >= 0.6 is 0 Å². The minimum Gasteiger partial charge on any atom is -0.446 e. The zero-order chi connectivity index (χ0) is 9.59. The molecule has 5 unspecified atom stereocenters. The highest BCUT2D eigenvalue weighted by atomic mass is 16.6. The van der Waals surface area contributed by atoms with Crippen LogP contribution in [0.1, 0.15) is 26.7 Å². The first-order valence-corrected chi connectivity index (χ1v) is 5.07. The van der Waals surface area contributed by atoms with E-state index in [1.165, 1.54) is 0 Å². The predicted octanol–water partition coefficient (Wildman–Crippen LogP) is 1.13. The zero-order valence-electron chi connectivity index (χ0n) is 8.19. The van der Waals surface area contributed by atoms with E-state index in [4.69, 9.17) is 10.5 Å². The van der Waals surface area contributed by atoms with Crippen molar-refractivity contribution in [2.45, 2.75) is 32.9 Å². The van der Waals surface area contributed by atoms with Gasteiger partial charge in [-0.2, -0.15) is 0 Å². The molecule has 5 atom stereocenters. The lowest BCUT2D eigenvalue weighted by atomic mass is 9.79. The van der Waals surface area contributed by atoms with E-state index in [0.717, 1.165) is 12.8 Å². The third kappa shape index (κ3) is 1.26. The number of rotatable bonds is 0. The lowest BCUT2D eigenvalue weighted by Gasteiger charge is -2.36. The van der Waals surface area contributed by atoms with E-state index >= 15 is 0 Å². The Morgan fingerprint density at radius 1 is 1.38 bits per heavy atom. The molecule has 2 fully saturated rings. The Hall–Kier alpha value is -0.570. The Kier molecular flexibility index (Phi) is 2.06. The molecule has 74 valence electrons. The smallest absolute Gasteiger partial charge is 0.311 e. The summed E-state index contributed by atoms with van der Waals surface area (Å²) in [7, 11) is 0. The highest BCUT2D eigenvalue weighted by Gasteiger charge is 2.48. The maximum atomic E-state index is 11.5. The Labute approximate surface area is 78.6 Å². The number of nitrogens with two attached hydrogens (primary N) is 1. The molecule has 1 saturated heterocycles. The van der Waals surface area contributed by atoms with Crippen molar-refractivity contribution in [3.8, 4) is 0 Å². The molecular weight excluding hydrogens is 166 g/mol. The second kappa shape index (κ2) is 2.98. The van der Waals surface area contributed by atoms with E-state index in [-0.39, 0.29) is 18.1 Å². The summed E-state index contributed by atoms with van der Waals surface area (Å²) in [5, 5.41) is 0. The number of ether oxygens (including phenoxy) is 1. The molecule has 0 aromatic carbocycles. The molecule has 2 aliphatic rings. The fourth-order valence-corrected chi connectivity index (χ4v) is 2.80. The van der Waals surface area contributed by atoms with Gasteiger partial charge < -0.3 is 4.74 Å². The minimum atomic E-state index is -0.376. The van der Waals surface area contributed by atoms with Gasteiger partial charge in [-0.25, -0.2) is 0 Å². The molecule has 0 aromatic rings. The average molecular weight is 183 g/mol. The lowest BCUT2D eigenvalue weighted by Crippen LogP contribution is -2.47. The quantitative estimate of drug-likeness (QED) is 0.573. The Bertz CT molecular complexity index is 229. The van der Waals surface area contributed by atoms with Gasteiger partial charge in [0.1, 0.15) is 0 Å². The van der Waals surface area contributed by atoms with Gasteiger partial charge in [-0.05, 0) is 24.7 Å². The second-order valence-electron chi connectivity index (χ2n) is 4.50. The number of hydrogen-bond acceptors (Lipinski definition) is 3. The van der Waals surface area contributed by atoms with E-state index < -0.39 is 0 Å². The molecule has 1 heterocycles. The molecule has 1 aliphatic carbocycles. The second-order valence-corrected chi connectivity index (χ2v) is 4.50. The van der Waals surface area contributed by atoms with Crippen molar-refractivity contribution in [3.05, 3.63) is 0 Å². The molecule has 0 aromatic heterocycles. The summed E-state index contributed by atoms with van der Waals surface area (Å²) in [6.07, 6.45) is 1.90. The number of hydrogen-bond donors (Lipinski definition) is 1. The van der Waals surface area contributed by atoms with Crippen molar-refractivity contribution in [1.82, 2.24) is 0 Å². The van der Waals surface area contributed by atoms with Crippen LogP contribution in [0.15, 0.2) is 0 Å². The number of carbonyl (C=O) groups excluding carboxylic acids is 1. The van der Waals surface area contributed by atoms with Gasteiger partial charge >= 0.3 is 5.97 Å². The maximum absolute atomic E-state index is 11.5. The Balaban J connectivity index is 2.21. The third-order valence-electron chi connectivity index (χ3n) is 3.75. The minimum absolute atomic E-state index is 0.0689.